The molecule has 0 saturated carbocycles. The lowest BCUT2D eigenvalue weighted by Gasteiger charge is -2.32. The molecule has 1 aliphatic heterocycles. The van der Waals surface area contributed by atoms with Gasteiger partial charge in [-0.1, -0.05) is 122 Å². The van der Waals surface area contributed by atoms with Crippen molar-refractivity contribution in [3.05, 3.63) is 162 Å². The SMILES string of the molecule is C=Cc1ccc2ccc(-c3ccnc(-c4cccc(C5=NC6C=CC=CC6c6c5c5ccccc5c5ccccc65)c4)n3)nc2c1NC. The predicted molar refractivity (Wildman–Crippen MR) is 200 cm³/mol. The smallest absolute Gasteiger partial charge is 0.159 e. The van der Waals surface area contributed by atoms with E-state index in [1.807, 2.05) is 31.5 Å². The van der Waals surface area contributed by atoms with Crippen molar-refractivity contribution < 1.29 is 0 Å². The minimum Gasteiger partial charge on any atom is -0.386 e. The molecule has 9 rings (SSSR count). The predicted octanol–water partition coefficient (Wildman–Crippen LogP) is 9.78. The lowest BCUT2D eigenvalue weighted by Crippen LogP contribution is -2.26. The Morgan fingerprint density at radius 3 is 2.27 bits per heavy atom. The van der Waals surface area contributed by atoms with Gasteiger partial charge in [-0.15, -0.1) is 0 Å². The molecule has 2 unspecified atom stereocenters. The zero-order valence-corrected chi connectivity index (χ0v) is 26.4. The fraction of sp³-hybridized carbons (Fsp3) is 0.0698. The molecule has 2 aromatic heterocycles. The average Bonchev–Trinajstić information content (AvgIpc) is 3.16. The number of hydrogen-bond acceptors (Lipinski definition) is 5. The number of benzene rings is 5. The second-order valence-corrected chi connectivity index (χ2v) is 12.2. The van der Waals surface area contributed by atoms with Gasteiger partial charge in [0, 0.05) is 41.2 Å². The van der Waals surface area contributed by atoms with Crippen LogP contribution in [-0.4, -0.2) is 33.8 Å². The van der Waals surface area contributed by atoms with Crippen molar-refractivity contribution in [3.8, 4) is 22.8 Å². The maximum atomic E-state index is 5.45. The first-order chi connectivity index (χ1) is 23.7. The van der Waals surface area contributed by atoms with Gasteiger partial charge in [-0.3, -0.25) is 4.99 Å². The van der Waals surface area contributed by atoms with Crippen molar-refractivity contribution in [1.82, 2.24) is 15.0 Å². The highest BCUT2D eigenvalue weighted by molar-refractivity contribution is 6.26. The Balaban J connectivity index is 1.19. The summed E-state index contributed by atoms with van der Waals surface area (Å²) in [5.74, 6) is 0.815. The van der Waals surface area contributed by atoms with Crippen LogP contribution in [0.2, 0.25) is 0 Å². The summed E-state index contributed by atoms with van der Waals surface area (Å²) in [6, 6.07) is 36.2. The Kier molecular flexibility index (Phi) is 6.57. The number of aromatic nitrogens is 3. The molecule has 5 nitrogen and oxygen atoms in total. The molecule has 0 fully saturated rings. The minimum absolute atomic E-state index is 0.0217. The fourth-order valence-corrected chi connectivity index (χ4v) is 7.41. The van der Waals surface area contributed by atoms with Gasteiger partial charge in [-0.2, -0.15) is 0 Å². The normalized spacial score (nSPS) is 16.5. The third-order valence-electron chi connectivity index (χ3n) is 9.60. The van der Waals surface area contributed by atoms with E-state index in [9.17, 15) is 0 Å². The van der Waals surface area contributed by atoms with Crippen molar-refractivity contribution >= 4 is 49.9 Å². The molecule has 0 amide bonds. The average molecular weight is 618 g/mol. The lowest BCUT2D eigenvalue weighted by molar-refractivity contribution is 0.709. The zero-order valence-electron chi connectivity index (χ0n) is 26.4. The molecule has 5 heteroatoms. The summed E-state index contributed by atoms with van der Waals surface area (Å²) < 4.78 is 0. The van der Waals surface area contributed by atoms with Gasteiger partial charge in [0.05, 0.1) is 34.3 Å². The van der Waals surface area contributed by atoms with E-state index in [1.165, 1.54) is 32.7 Å². The Hall–Kier alpha value is -6.20. The van der Waals surface area contributed by atoms with Gasteiger partial charge in [-0.05, 0) is 50.9 Å². The van der Waals surface area contributed by atoms with E-state index < -0.39 is 0 Å². The summed E-state index contributed by atoms with van der Waals surface area (Å²) in [6.07, 6.45) is 12.5. The summed E-state index contributed by atoms with van der Waals surface area (Å²) in [4.78, 5) is 20.2. The van der Waals surface area contributed by atoms with Crippen molar-refractivity contribution in [2.24, 2.45) is 4.99 Å². The van der Waals surface area contributed by atoms with E-state index in [0.717, 1.165) is 50.4 Å². The molecule has 3 heterocycles. The summed E-state index contributed by atoms with van der Waals surface area (Å²) in [7, 11) is 1.91. The van der Waals surface area contributed by atoms with Crippen molar-refractivity contribution in [1.29, 1.82) is 0 Å². The summed E-state index contributed by atoms with van der Waals surface area (Å²) in [6.45, 7) is 3.97. The zero-order chi connectivity index (χ0) is 32.2. The number of nitrogens with zero attached hydrogens (tertiary/aromatic N) is 4. The Labute approximate surface area is 278 Å². The standard InChI is InChI=1S/C43H31N5/c1-3-26-19-20-27-21-22-36(47-42(27)41(26)44-2)37-23-24-45-43(48-37)29-12-10-11-28(25-29)40-39-33-16-7-5-14-31(33)30-13-4-6-15-32(30)38(39)34-17-8-9-18-35(34)46-40/h3-25,34-35,44H,1H2,2H3. The maximum Gasteiger partial charge on any atom is 0.159 e. The largest absolute Gasteiger partial charge is 0.386 e. The van der Waals surface area contributed by atoms with Crippen molar-refractivity contribution in [2.45, 2.75) is 12.0 Å². The molecule has 1 N–H and O–H groups in total. The molecule has 0 saturated heterocycles. The van der Waals surface area contributed by atoms with Crippen LogP contribution in [0.3, 0.4) is 0 Å². The number of nitrogens with one attached hydrogen (secondary N) is 1. The summed E-state index contributed by atoms with van der Waals surface area (Å²) in [5.41, 5.74) is 9.90. The highest BCUT2D eigenvalue weighted by Gasteiger charge is 2.33. The molecule has 0 spiro atoms. The van der Waals surface area contributed by atoms with Crippen LogP contribution in [-0.2, 0) is 0 Å². The number of hydrogen-bond donors (Lipinski definition) is 1. The van der Waals surface area contributed by atoms with Gasteiger partial charge in [0.15, 0.2) is 5.82 Å². The Bertz CT molecular complexity index is 2540. The first kappa shape index (κ1) is 28.1. The van der Waals surface area contributed by atoms with Crippen LogP contribution in [0.1, 0.15) is 28.2 Å². The molecular weight excluding hydrogens is 587 g/mol. The molecule has 0 bridgehead atoms. The van der Waals surface area contributed by atoms with Crippen LogP contribution in [0.4, 0.5) is 5.69 Å². The second kappa shape index (κ2) is 11.2. The Morgan fingerprint density at radius 1 is 0.708 bits per heavy atom. The minimum atomic E-state index is 0.0217. The van der Waals surface area contributed by atoms with E-state index in [1.54, 1.807) is 0 Å². The lowest BCUT2D eigenvalue weighted by atomic mass is 9.76. The molecule has 2 atom stereocenters. The number of fused-ring (bicyclic) bond motifs is 9. The van der Waals surface area contributed by atoms with Crippen molar-refractivity contribution in [3.63, 3.8) is 0 Å². The van der Waals surface area contributed by atoms with Gasteiger partial charge in [0.25, 0.3) is 0 Å². The van der Waals surface area contributed by atoms with Crippen LogP contribution >= 0.6 is 0 Å². The Morgan fingerprint density at radius 2 is 1.44 bits per heavy atom. The number of aliphatic imine (C=N–C) groups is 1. The molecule has 228 valence electrons. The van der Waals surface area contributed by atoms with Gasteiger partial charge in [-0.25, -0.2) is 15.0 Å². The summed E-state index contributed by atoms with van der Waals surface area (Å²) >= 11 is 0. The van der Waals surface area contributed by atoms with Crippen LogP contribution < -0.4 is 5.32 Å². The van der Waals surface area contributed by atoms with Gasteiger partial charge in [0.2, 0.25) is 0 Å². The molecule has 0 radical (unpaired) electrons. The first-order valence-corrected chi connectivity index (χ1v) is 16.3. The van der Waals surface area contributed by atoms with Crippen LogP contribution in [0, 0.1) is 0 Å². The second-order valence-electron chi connectivity index (χ2n) is 12.2. The quantitative estimate of drug-likeness (QED) is 0.195. The number of anilines is 1. The first-order valence-electron chi connectivity index (χ1n) is 16.3. The third-order valence-corrected chi connectivity index (χ3v) is 9.60. The number of rotatable bonds is 5. The third kappa shape index (κ3) is 4.39. The van der Waals surface area contributed by atoms with Gasteiger partial charge < -0.3 is 5.32 Å². The molecule has 7 aromatic rings. The molecular formula is C43H31N5. The highest BCUT2D eigenvalue weighted by Crippen LogP contribution is 2.44. The molecule has 2 aliphatic rings. The van der Waals surface area contributed by atoms with E-state index in [2.05, 4.69) is 127 Å². The molecule has 48 heavy (non-hydrogen) atoms. The van der Waals surface area contributed by atoms with Crippen molar-refractivity contribution in [2.75, 3.05) is 12.4 Å². The maximum absolute atomic E-state index is 5.45. The van der Waals surface area contributed by atoms with Crippen LogP contribution in [0.15, 0.2) is 145 Å². The van der Waals surface area contributed by atoms with Gasteiger partial charge in [0.1, 0.15) is 0 Å². The topological polar surface area (TPSA) is 63.1 Å². The van der Waals surface area contributed by atoms with Crippen LogP contribution in [0.25, 0.3) is 61.3 Å². The molecule has 5 aromatic carbocycles. The molecule has 1 aliphatic carbocycles. The fourth-order valence-electron chi connectivity index (χ4n) is 7.41. The van der Waals surface area contributed by atoms with E-state index in [-0.39, 0.29) is 12.0 Å². The van der Waals surface area contributed by atoms with E-state index in [4.69, 9.17) is 19.9 Å². The van der Waals surface area contributed by atoms with E-state index in [0.29, 0.717) is 5.82 Å². The van der Waals surface area contributed by atoms with Gasteiger partial charge >= 0.3 is 0 Å². The van der Waals surface area contributed by atoms with E-state index >= 15 is 0 Å². The van der Waals surface area contributed by atoms with Crippen LogP contribution in [0.5, 0.6) is 0 Å². The number of pyridine rings is 1. The highest BCUT2D eigenvalue weighted by atomic mass is 14.9. The monoisotopic (exact) mass is 617 g/mol. The number of allylic oxidation sites excluding steroid dienone is 2. The summed E-state index contributed by atoms with van der Waals surface area (Å²) in [5, 5.41) is 9.37.